The van der Waals surface area contributed by atoms with Crippen LogP contribution in [-0.4, -0.2) is 9.13 Å². The van der Waals surface area contributed by atoms with E-state index in [1.165, 1.54) is 0 Å². The highest BCUT2D eigenvalue weighted by Gasteiger charge is 2.20. The molecule has 0 unspecified atom stereocenters. The zero-order chi connectivity index (χ0) is 35.3. The summed E-state index contributed by atoms with van der Waals surface area (Å²) < 4.78 is 4.48. The van der Waals surface area contributed by atoms with E-state index in [1.807, 2.05) is 54.6 Å². The minimum atomic E-state index is 0.427. The van der Waals surface area contributed by atoms with Crippen LogP contribution in [0.3, 0.4) is 0 Å². The summed E-state index contributed by atoms with van der Waals surface area (Å²) in [7, 11) is 0. The molecule has 0 spiro atoms. The number of fused-ring (bicyclic) bond motifs is 6. The van der Waals surface area contributed by atoms with E-state index in [2.05, 4.69) is 88.0 Å². The second kappa shape index (κ2) is 11.9. The lowest BCUT2D eigenvalue weighted by atomic mass is 9.94. The van der Waals surface area contributed by atoms with Crippen molar-refractivity contribution in [2.24, 2.45) is 0 Å². The van der Waals surface area contributed by atoms with Gasteiger partial charge in [0.25, 0.3) is 0 Å². The first-order valence-corrected chi connectivity index (χ1v) is 16.7. The average molecular weight is 661 g/mol. The molecule has 0 N–H and O–H groups in total. The molecule has 0 aliphatic rings. The molecule has 52 heavy (non-hydrogen) atoms. The molecule has 6 heteroatoms. The summed E-state index contributed by atoms with van der Waals surface area (Å²) in [6, 6.07) is 56.8. The molecule has 0 saturated carbocycles. The predicted octanol–water partition coefficient (Wildman–Crippen LogP) is 10.7. The molecule has 2 heterocycles. The second-order valence-electron chi connectivity index (χ2n) is 12.6. The first-order chi connectivity index (χ1) is 25.6. The third kappa shape index (κ3) is 4.47. The molecule has 0 bridgehead atoms. The van der Waals surface area contributed by atoms with Crippen LogP contribution in [0.1, 0.15) is 22.3 Å². The van der Waals surface area contributed by atoms with Gasteiger partial charge in [-0.3, -0.25) is 0 Å². The first kappa shape index (κ1) is 30.2. The quantitative estimate of drug-likeness (QED) is 0.187. The smallest absolute Gasteiger partial charge is 0.0998 e. The summed E-state index contributed by atoms with van der Waals surface area (Å²) in [5.74, 6) is 0. The Balaban J connectivity index is 1.39. The molecule has 0 aliphatic carbocycles. The number of para-hydroxylation sites is 2. The number of rotatable bonds is 4. The molecule has 0 atom stereocenters. The molecule has 6 nitrogen and oxygen atoms in total. The van der Waals surface area contributed by atoms with E-state index < -0.39 is 0 Å². The van der Waals surface area contributed by atoms with Crippen LogP contribution >= 0.6 is 0 Å². The number of hydrogen-bond donors (Lipinski definition) is 0. The minimum absolute atomic E-state index is 0.427. The molecular formula is C46H24N6. The minimum Gasteiger partial charge on any atom is -0.309 e. The summed E-state index contributed by atoms with van der Waals surface area (Å²) in [5, 5.41) is 44.3. The van der Waals surface area contributed by atoms with Gasteiger partial charge in [0.05, 0.1) is 68.6 Å². The number of aromatic nitrogens is 2. The van der Waals surface area contributed by atoms with Crippen LogP contribution in [0, 0.1) is 45.3 Å². The normalized spacial score (nSPS) is 11.0. The molecule has 0 saturated heterocycles. The fourth-order valence-corrected chi connectivity index (χ4v) is 7.66. The van der Waals surface area contributed by atoms with E-state index in [0.717, 1.165) is 66.1 Å². The third-order valence-corrected chi connectivity index (χ3v) is 9.88. The van der Waals surface area contributed by atoms with E-state index in [0.29, 0.717) is 33.4 Å². The highest BCUT2D eigenvalue weighted by atomic mass is 15.0. The van der Waals surface area contributed by atoms with Crippen LogP contribution in [0.15, 0.2) is 146 Å². The van der Waals surface area contributed by atoms with Gasteiger partial charge in [0.15, 0.2) is 0 Å². The van der Waals surface area contributed by atoms with Crippen molar-refractivity contribution in [2.45, 2.75) is 0 Å². The first-order valence-electron chi connectivity index (χ1n) is 16.7. The summed E-state index contributed by atoms with van der Waals surface area (Å²) in [6.07, 6.45) is 0. The number of nitrogens with zero attached hydrogens (tertiary/aromatic N) is 6. The van der Waals surface area contributed by atoms with Crippen molar-refractivity contribution >= 4 is 43.6 Å². The molecule has 0 amide bonds. The Morgan fingerprint density at radius 1 is 0.327 bits per heavy atom. The Hall–Kier alpha value is -7.90. The van der Waals surface area contributed by atoms with E-state index in [9.17, 15) is 21.0 Å². The molecule has 0 radical (unpaired) electrons. The zero-order valence-electron chi connectivity index (χ0n) is 27.5. The molecule has 0 fully saturated rings. The Bertz CT molecular complexity index is 2920. The Labute approximate surface area is 298 Å². The number of hydrogen-bond acceptors (Lipinski definition) is 4. The van der Waals surface area contributed by atoms with Crippen LogP contribution in [0.4, 0.5) is 0 Å². The fraction of sp³-hybridized carbons (Fsp3) is 0. The van der Waals surface area contributed by atoms with Crippen molar-refractivity contribution in [1.29, 1.82) is 21.0 Å². The molecule has 2 aromatic heterocycles. The Morgan fingerprint density at radius 3 is 1.33 bits per heavy atom. The number of nitriles is 4. The van der Waals surface area contributed by atoms with Crippen molar-refractivity contribution in [3.05, 3.63) is 168 Å². The second-order valence-corrected chi connectivity index (χ2v) is 12.6. The van der Waals surface area contributed by atoms with Gasteiger partial charge in [0.2, 0.25) is 0 Å². The van der Waals surface area contributed by atoms with Gasteiger partial charge in [-0.1, -0.05) is 72.8 Å². The highest BCUT2D eigenvalue weighted by Crippen LogP contribution is 2.41. The van der Waals surface area contributed by atoms with Gasteiger partial charge in [0.1, 0.15) is 0 Å². The molecular weight excluding hydrogens is 637 g/mol. The Morgan fingerprint density at radius 2 is 0.788 bits per heavy atom. The Kier molecular flexibility index (Phi) is 6.91. The van der Waals surface area contributed by atoms with Gasteiger partial charge in [-0.15, -0.1) is 0 Å². The van der Waals surface area contributed by atoms with Crippen LogP contribution in [-0.2, 0) is 0 Å². The van der Waals surface area contributed by atoms with Gasteiger partial charge in [0, 0.05) is 44.0 Å². The summed E-state index contributed by atoms with van der Waals surface area (Å²) in [5.41, 5.74) is 10.3. The molecule has 0 aliphatic heterocycles. The van der Waals surface area contributed by atoms with Gasteiger partial charge < -0.3 is 9.13 Å². The SMILES string of the molecule is N#Cc1cccc(C#N)c1-c1ccc2c3ccc(-c4c(C#N)cccc4C#N)cc3n(-c3ccc4c(c3)c3ccccc3n4-c3ccccc3)c2c1. The maximum Gasteiger partial charge on any atom is 0.0998 e. The topological polar surface area (TPSA) is 105 Å². The summed E-state index contributed by atoms with van der Waals surface area (Å²) in [6.45, 7) is 0. The van der Waals surface area contributed by atoms with Crippen LogP contribution in [0.5, 0.6) is 0 Å². The van der Waals surface area contributed by atoms with Gasteiger partial charge in [-0.2, -0.15) is 21.0 Å². The molecule has 238 valence electrons. The van der Waals surface area contributed by atoms with Crippen molar-refractivity contribution in [3.63, 3.8) is 0 Å². The van der Waals surface area contributed by atoms with Crippen LogP contribution in [0.25, 0.3) is 77.2 Å². The molecule has 9 aromatic rings. The fourth-order valence-electron chi connectivity index (χ4n) is 7.66. The van der Waals surface area contributed by atoms with Crippen LogP contribution in [0.2, 0.25) is 0 Å². The molecule has 9 rings (SSSR count). The zero-order valence-corrected chi connectivity index (χ0v) is 27.5. The lowest BCUT2D eigenvalue weighted by molar-refractivity contribution is 1.17. The lowest BCUT2D eigenvalue weighted by Gasteiger charge is -2.12. The van der Waals surface area contributed by atoms with E-state index >= 15 is 0 Å². The molecule has 7 aromatic carbocycles. The van der Waals surface area contributed by atoms with E-state index in [-0.39, 0.29) is 0 Å². The van der Waals surface area contributed by atoms with Gasteiger partial charge >= 0.3 is 0 Å². The summed E-state index contributed by atoms with van der Waals surface area (Å²) >= 11 is 0. The van der Waals surface area contributed by atoms with Crippen molar-refractivity contribution < 1.29 is 0 Å². The van der Waals surface area contributed by atoms with Crippen molar-refractivity contribution in [3.8, 4) is 57.9 Å². The van der Waals surface area contributed by atoms with E-state index in [1.54, 1.807) is 36.4 Å². The monoisotopic (exact) mass is 660 g/mol. The van der Waals surface area contributed by atoms with E-state index in [4.69, 9.17) is 0 Å². The standard InChI is InChI=1S/C46H24N6/c47-25-31-8-6-9-32(26-48)45(31)29-16-19-38-39-20-17-30(46-33(27-49)10-7-11-34(46)28-50)23-44(39)52(43(38)22-29)36-18-21-42-40(24-36)37-14-4-5-15-41(37)51(42)35-12-2-1-3-13-35/h1-24H. The maximum absolute atomic E-state index is 10.0. The van der Waals surface area contributed by atoms with Crippen molar-refractivity contribution in [1.82, 2.24) is 9.13 Å². The number of benzene rings is 7. The summed E-state index contributed by atoms with van der Waals surface area (Å²) in [4.78, 5) is 0. The largest absolute Gasteiger partial charge is 0.309 e. The van der Waals surface area contributed by atoms with Gasteiger partial charge in [-0.25, -0.2) is 0 Å². The van der Waals surface area contributed by atoms with Crippen LogP contribution < -0.4 is 0 Å². The highest BCUT2D eigenvalue weighted by molar-refractivity contribution is 6.13. The average Bonchev–Trinajstić information content (AvgIpc) is 3.71. The van der Waals surface area contributed by atoms with Gasteiger partial charge in [-0.05, 0) is 83.9 Å². The lowest BCUT2D eigenvalue weighted by Crippen LogP contribution is -1.97. The van der Waals surface area contributed by atoms with Crippen molar-refractivity contribution in [2.75, 3.05) is 0 Å². The third-order valence-electron chi connectivity index (χ3n) is 9.88. The maximum atomic E-state index is 10.0. The predicted molar refractivity (Wildman–Crippen MR) is 205 cm³/mol.